The average molecular weight is 212 g/mol. The molecule has 0 unspecified atom stereocenters. The molecule has 0 radical (unpaired) electrons. The van der Waals surface area contributed by atoms with Crippen LogP contribution in [-0.2, 0) is 4.74 Å². The van der Waals surface area contributed by atoms with Gasteiger partial charge in [0.1, 0.15) is 5.82 Å². The Morgan fingerprint density at radius 2 is 1.79 bits per heavy atom. The van der Waals surface area contributed by atoms with Gasteiger partial charge in [0.2, 0.25) is 0 Å². The molecule has 1 aromatic rings. The van der Waals surface area contributed by atoms with Gasteiger partial charge in [-0.2, -0.15) is 0 Å². The van der Waals surface area contributed by atoms with Crippen LogP contribution in [0, 0.1) is 5.82 Å². The van der Waals surface area contributed by atoms with Gasteiger partial charge >= 0.3 is 0 Å². The monoisotopic (exact) mass is 212 g/mol. The van der Waals surface area contributed by atoms with E-state index in [0.717, 1.165) is 31.0 Å². The van der Waals surface area contributed by atoms with E-state index in [-0.39, 0.29) is 5.82 Å². The molecule has 0 N–H and O–H groups in total. The number of halogens is 1. The first kappa shape index (κ1) is 9.99. The molecular formula is C11H13FOS. The van der Waals surface area contributed by atoms with Crippen LogP contribution >= 0.6 is 11.8 Å². The SMILES string of the molecule is Fc1ccc(SC2CCOCC2)cc1. The molecule has 0 aliphatic carbocycles. The lowest BCUT2D eigenvalue weighted by Crippen LogP contribution is -2.17. The molecule has 3 heteroatoms. The molecule has 1 aromatic carbocycles. The molecule has 0 bridgehead atoms. The zero-order valence-corrected chi connectivity index (χ0v) is 8.73. The molecular weight excluding hydrogens is 199 g/mol. The standard InChI is InChI=1S/C11H13FOS/c12-9-1-3-10(4-2-9)14-11-5-7-13-8-6-11/h1-4,11H,5-8H2. The maximum Gasteiger partial charge on any atom is 0.123 e. The molecule has 1 nitrogen and oxygen atoms in total. The Hall–Kier alpha value is -0.540. The van der Waals surface area contributed by atoms with Crippen molar-refractivity contribution in [2.24, 2.45) is 0 Å². The van der Waals surface area contributed by atoms with E-state index >= 15 is 0 Å². The lowest BCUT2D eigenvalue weighted by atomic mass is 10.2. The van der Waals surface area contributed by atoms with Crippen LogP contribution in [0.2, 0.25) is 0 Å². The Bertz CT molecular complexity index is 280. The number of benzene rings is 1. The van der Waals surface area contributed by atoms with E-state index in [9.17, 15) is 4.39 Å². The van der Waals surface area contributed by atoms with E-state index in [1.165, 1.54) is 12.1 Å². The van der Waals surface area contributed by atoms with Crippen LogP contribution in [0.1, 0.15) is 12.8 Å². The van der Waals surface area contributed by atoms with Crippen molar-refractivity contribution in [1.82, 2.24) is 0 Å². The maximum atomic E-state index is 12.6. The third-order valence-electron chi connectivity index (χ3n) is 2.28. The summed E-state index contributed by atoms with van der Waals surface area (Å²) in [6, 6.07) is 6.72. The summed E-state index contributed by atoms with van der Waals surface area (Å²) in [7, 11) is 0. The fraction of sp³-hybridized carbons (Fsp3) is 0.455. The number of hydrogen-bond acceptors (Lipinski definition) is 2. The zero-order valence-electron chi connectivity index (χ0n) is 7.91. The fourth-order valence-corrected chi connectivity index (χ4v) is 2.61. The van der Waals surface area contributed by atoms with Crippen LogP contribution in [0.3, 0.4) is 0 Å². The summed E-state index contributed by atoms with van der Waals surface area (Å²) in [5.41, 5.74) is 0. The van der Waals surface area contributed by atoms with E-state index in [1.54, 1.807) is 0 Å². The fourth-order valence-electron chi connectivity index (χ4n) is 1.50. The van der Waals surface area contributed by atoms with Gasteiger partial charge in [-0.1, -0.05) is 0 Å². The van der Waals surface area contributed by atoms with Crippen molar-refractivity contribution in [2.75, 3.05) is 13.2 Å². The zero-order chi connectivity index (χ0) is 9.80. The lowest BCUT2D eigenvalue weighted by molar-refractivity contribution is 0.100. The molecule has 1 heterocycles. The Morgan fingerprint density at radius 3 is 2.43 bits per heavy atom. The normalized spacial score (nSPS) is 18.4. The summed E-state index contributed by atoms with van der Waals surface area (Å²) in [4.78, 5) is 1.15. The van der Waals surface area contributed by atoms with Crippen LogP contribution in [0.5, 0.6) is 0 Å². The summed E-state index contributed by atoms with van der Waals surface area (Å²) >= 11 is 1.83. The summed E-state index contributed by atoms with van der Waals surface area (Å²) in [6.07, 6.45) is 2.20. The Morgan fingerprint density at radius 1 is 1.14 bits per heavy atom. The predicted octanol–water partition coefficient (Wildman–Crippen LogP) is 3.10. The molecule has 2 rings (SSSR count). The lowest BCUT2D eigenvalue weighted by Gasteiger charge is -2.21. The predicted molar refractivity (Wildman–Crippen MR) is 56.1 cm³/mol. The molecule has 1 aliphatic rings. The average Bonchev–Trinajstić information content (AvgIpc) is 2.23. The van der Waals surface area contributed by atoms with E-state index < -0.39 is 0 Å². The van der Waals surface area contributed by atoms with Gasteiger partial charge in [0.15, 0.2) is 0 Å². The highest BCUT2D eigenvalue weighted by Gasteiger charge is 2.14. The number of hydrogen-bond donors (Lipinski definition) is 0. The van der Waals surface area contributed by atoms with E-state index in [1.807, 2.05) is 23.9 Å². The highest BCUT2D eigenvalue weighted by atomic mass is 32.2. The van der Waals surface area contributed by atoms with Gasteiger partial charge < -0.3 is 4.74 Å². The summed E-state index contributed by atoms with van der Waals surface area (Å²) in [5, 5.41) is 0.634. The van der Waals surface area contributed by atoms with E-state index in [0.29, 0.717) is 5.25 Å². The second-order valence-corrected chi connectivity index (χ2v) is 4.76. The van der Waals surface area contributed by atoms with Gasteiger partial charge in [-0.15, -0.1) is 11.8 Å². The topological polar surface area (TPSA) is 9.23 Å². The van der Waals surface area contributed by atoms with Crippen LogP contribution in [-0.4, -0.2) is 18.5 Å². The van der Waals surface area contributed by atoms with Crippen molar-refractivity contribution in [2.45, 2.75) is 23.0 Å². The molecule has 0 amide bonds. The second kappa shape index (κ2) is 4.80. The first-order chi connectivity index (χ1) is 6.84. The first-order valence-corrected chi connectivity index (χ1v) is 5.72. The Balaban J connectivity index is 1.92. The molecule has 0 aromatic heterocycles. The third-order valence-corrected chi connectivity index (χ3v) is 3.63. The van der Waals surface area contributed by atoms with Crippen molar-refractivity contribution >= 4 is 11.8 Å². The third kappa shape index (κ3) is 2.72. The van der Waals surface area contributed by atoms with E-state index in [4.69, 9.17) is 4.74 Å². The van der Waals surface area contributed by atoms with Crippen molar-refractivity contribution < 1.29 is 9.13 Å². The minimum absolute atomic E-state index is 0.165. The van der Waals surface area contributed by atoms with Crippen LogP contribution in [0.4, 0.5) is 4.39 Å². The smallest absolute Gasteiger partial charge is 0.123 e. The molecule has 76 valence electrons. The van der Waals surface area contributed by atoms with Gasteiger partial charge in [-0.05, 0) is 37.1 Å². The van der Waals surface area contributed by atoms with Gasteiger partial charge in [0.05, 0.1) is 0 Å². The first-order valence-electron chi connectivity index (χ1n) is 4.84. The van der Waals surface area contributed by atoms with E-state index in [2.05, 4.69) is 0 Å². The molecule has 14 heavy (non-hydrogen) atoms. The number of ether oxygens (including phenoxy) is 1. The van der Waals surface area contributed by atoms with Crippen molar-refractivity contribution in [3.63, 3.8) is 0 Å². The van der Waals surface area contributed by atoms with Gasteiger partial charge in [-0.3, -0.25) is 0 Å². The van der Waals surface area contributed by atoms with Gasteiger partial charge in [0.25, 0.3) is 0 Å². The summed E-state index contributed by atoms with van der Waals surface area (Å²) in [5.74, 6) is -0.165. The summed E-state index contributed by atoms with van der Waals surface area (Å²) < 4.78 is 17.9. The van der Waals surface area contributed by atoms with Crippen LogP contribution < -0.4 is 0 Å². The maximum absolute atomic E-state index is 12.6. The highest BCUT2D eigenvalue weighted by Crippen LogP contribution is 2.29. The van der Waals surface area contributed by atoms with Crippen molar-refractivity contribution in [3.8, 4) is 0 Å². The Labute approximate surface area is 87.7 Å². The largest absolute Gasteiger partial charge is 0.381 e. The highest BCUT2D eigenvalue weighted by molar-refractivity contribution is 8.00. The van der Waals surface area contributed by atoms with Gasteiger partial charge in [0, 0.05) is 23.4 Å². The Kier molecular flexibility index (Phi) is 3.43. The van der Waals surface area contributed by atoms with Crippen LogP contribution in [0.25, 0.3) is 0 Å². The molecule has 1 fully saturated rings. The quantitative estimate of drug-likeness (QED) is 0.745. The van der Waals surface area contributed by atoms with Crippen molar-refractivity contribution in [1.29, 1.82) is 0 Å². The van der Waals surface area contributed by atoms with Gasteiger partial charge in [-0.25, -0.2) is 4.39 Å². The molecule has 0 saturated carbocycles. The molecule has 0 atom stereocenters. The number of thioether (sulfide) groups is 1. The van der Waals surface area contributed by atoms with Crippen LogP contribution in [0.15, 0.2) is 29.2 Å². The minimum Gasteiger partial charge on any atom is -0.381 e. The minimum atomic E-state index is -0.165. The molecule has 1 aliphatic heterocycles. The molecule has 1 saturated heterocycles. The van der Waals surface area contributed by atoms with Crippen molar-refractivity contribution in [3.05, 3.63) is 30.1 Å². The number of rotatable bonds is 2. The molecule has 0 spiro atoms. The summed E-state index contributed by atoms with van der Waals surface area (Å²) in [6.45, 7) is 1.72. The second-order valence-electron chi connectivity index (χ2n) is 3.38.